The molecule has 7 heavy (non-hydrogen) atoms. The third-order valence-electron chi connectivity index (χ3n) is 0.328. The SMILES string of the molecule is CC(C)O[PH2]=O.[Zn]. The molecule has 0 aromatic carbocycles. The normalized spacial score (nSPS) is 10.1. The van der Waals surface area contributed by atoms with Crippen LogP contribution in [-0.4, -0.2) is 6.10 Å². The summed E-state index contributed by atoms with van der Waals surface area (Å²) >= 11 is 0. The van der Waals surface area contributed by atoms with Gasteiger partial charge in [0.05, 0.1) is 6.10 Å². The first-order valence-corrected chi connectivity index (χ1v) is 2.80. The van der Waals surface area contributed by atoms with Gasteiger partial charge in [-0.05, 0) is 13.8 Å². The Hall–Kier alpha value is 0.813. The Morgan fingerprint density at radius 1 is 1.57 bits per heavy atom. The topological polar surface area (TPSA) is 26.3 Å². The van der Waals surface area contributed by atoms with Gasteiger partial charge in [-0.3, -0.25) is 4.57 Å². The smallest absolute Gasteiger partial charge is 0.180 e. The van der Waals surface area contributed by atoms with Gasteiger partial charge in [-0.2, -0.15) is 0 Å². The summed E-state index contributed by atoms with van der Waals surface area (Å²) in [6, 6.07) is 0. The van der Waals surface area contributed by atoms with Crippen molar-refractivity contribution in [3.63, 3.8) is 0 Å². The van der Waals surface area contributed by atoms with Gasteiger partial charge in [-0.25, -0.2) is 0 Å². The van der Waals surface area contributed by atoms with Crippen molar-refractivity contribution in [2.75, 3.05) is 0 Å². The van der Waals surface area contributed by atoms with E-state index < -0.39 is 8.69 Å². The second kappa shape index (κ2) is 6.81. The molecule has 0 saturated heterocycles. The van der Waals surface area contributed by atoms with Gasteiger partial charge in [0.1, 0.15) is 0 Å². The predicted octanol–water partition coefficient (Wildman–Crippen LogP) is 1.08. The summed E-state index contributed by atoms with van der Waals surface area (Å²) in [5.74, 6) is 0. The van der Waals surface area contributed by atoms with E-state index in [1.54, 1.807) is 0 Å². The van der Waals surface area contributed by atoms with Crippen molar-refractivity contribution in [2.45, 2.75) is 20.0 Å². The number of hydrogen-bond acceptors (Lipinski definition) is 2. The zero-order valence-corrected chi connectivity index (χ0v) is 8.80. The van der Waals surface area contributed by atoms with Gasteiger partial charge in [-0.1, -0.05) is 0 Å². The fourth-order valence-electron chi connectivity index (χ4n) is 0.111. The molecule has 40 valence electrons. The van der Waals surface area contributed by atoms with Crippen molar-refractivity contribution in [3.8, 4) is 0 Å². The zero-order chi connectivity index (χ0) is 4.99. The Morgan fingerprint density at radius 2 is 2.00 bits per heavy atom. The van der Waals surface area contributed by atoms with Crippen molar-refractivity contribution < 1.29 is 28.6 Å². The van der Waals surface area contributed by atoms with E-state index in [-0.39, 0.29) is 25.6 Å². The average molecular weight is 173 g/mol. The van der Waals surface area contributed by atoms with E-state index in [9.17, 15) is 4.57 Å². The van der Waals surface area contributed by atoms with Crippen LogP contribution in [0.15, 0.2) is 0 Å². The molecule has 0 bridgehead atoms. The minimum Gasteiger partial charge on any atom is -0.330 e. The van der Waals surface area contributed by atoms with Crippen LogP contribution in [0.1, 0.15) is 13.8 Å². The van der Waals surface area contributed by atoms with Crippen LogP contribution in [0.25, 0.3) is 0 Å². The molecule has 0 spiro atoms. The molecule has 0 aliphatic carbocycles. The molecular formula is C3H9O2PZn. The Morgan fingerprint density at radius 3 is 2.00 bits per heavy atom. The van der Waals surface area contributed by atoms with Crippen LogP contribution in [0, 0.1) is 0 Å². The third-order valence-corrected chi connectivity index (χ3v) is 0.983. The number of hydrogen-bond donors (Lipinski definition) is 0. The van der Waals surface area contributed by atoms with Gasteiger partial charge >= 0.3 is 0 Å². The molecule has 0 amide bonds. The molecule has 0 aliphatic heterocycles. The Balaban J connectivity index is 0. The minimum atomic E-state index is -0.998. The van der Waals surface area contributed by atoms with Crippen LogP contribution in [-0.2, 0) is 28.6 Å². The van der Waals surface area contributed by atoms with Gasteiger partial charge in [0.25, 0.3) is 0 Å². The first-order chi connectivity index (χ1) is 2.77. The molecule has 4 heteroatoms. The average Bonchev–Trinajstić information content (AvgIpc) is 1.35. The summed E-state index contributed by atoms with van der Waals surface area (Å²) < 4.78 is 14.2. The zero-order valence-electron chi connectivity index (χ0n) is 4.68. The molecule has 0 radical (unpaired) electrons. The van der Waals surface area contributed by atoms with Gasteiger partial charge in [0.2, 0.25) is 0 Å². The van der Waals surface area contributed by atoms with Crippen LogP contribution in [0.2, 0.25) is 0 Å². The largest absolute Gasteiger partial charge is 0.330 e. The second-order valence-electron chi connectivity index (χ2n) is 1.28. The molecule has 0 saturated carbocycles. The second-order valence-corrected chi connectivity index (χ2v) is 1.75. The monoisotopic (exact) mass is 172 g/mol. The van der Waals surface area contributed by atoms with Crippen molar-refractivity contribution in [1.29, 1.82) is 0 Å². The molecule has 0 fully saturated rings. The van der Waals surface area contributed by atoms with Gasteiger partial charge in [0, 0.05) is 19.5 Å². The van der Waals surface area contributed by atoms with Gasteiger partial charge < -0.3 is 4.52 Å². The fourth-order valence-corrected chi connectivity index (χ4v) is 0.333. The van der Waals surface area contributed by atoms with Crippen LogP contribution in [0.4, 0.5) is 0 Å². The van der Waals surface area contributed by atoms with Crippen molar-refractivity contribution in [2.24, 2.45) is 0 Å². The quantitative estimate of drug-likeness (QED) is 0.461. The molecule has 0 rings (SSSR count). The first-order valence-electron chi connectivity index (χ1n) is 1.86. The standard InChI is InChI=1S/C3H9O2P.Zn/c1-3(2)5-6-4;/h3H,6H2,1-2H3;. The molecule has 1 unspecified atom stereocenters. The summed E-state index contributed by atoms with van der Waals surface area (Å²) in [7, 11) is -0.998. The van der Waals surface area contributed by atoms with E-state index >= 15 is 0 Å². The summed E-state index contributed by atoms with van der Waals surface area (Å²) in [4.78, 5) is 0. The van der Waals surface area contributed by atoms with Gasteiger partial charge in [0.15, 0.2) is 8.69 Å². The number of rotatable bonds is 2. The van der Waals surface area contributed by atoms with E-state index in [2.05, 4.69) is 4.52 Å². The van der Waals surface area contributed by atoms with E-state index in [1.165, 1.54) is 0 Å². The van der Waals surface area contributed by atoms with Crippen LogP contribution < -0.4 is 0 Å². The molecule has 0 heterocycles. The Kier molecular flexibility index (Phi) is 10.4. The maximum Gasteiger partial charge on any atom is 0.180 e. The summed E-state index contributed by atoms with van der Waals surface area (Å²) in [5, 5.41) is 0. The summed E-state index contributed by atoms with van der Waals surface area (Å²) in [5.41, 5.74) is 0. The van der Waals surface area contributed by atoms with Crippen molar-refractivity contribution in [3.05, 3.63) is 0 Å². The summed E-state index contributed by atoms with van der Waals surface area (Å²) in [6.45, 7) is 3.70. The van der Waals surface area contributed by atoms with Gasteiger partial charge in [-0.15, -0.1) is 0 Å². The molecule has 1 atom stereocenters. The minimum absolute atomic E-state index is 0. The molecule has 0 N–H and O–H groups in total. The summed E-state index contributed by atoms with van der Waals surface area (Å²) in [6.07, 6.45) is 0.123. The first kappa shape index (κ1) is 10.7. The predicted molar refractivity (Wildman–Crippen MR) is 26.6 cm³/mol. The molecule has 0 aliphatic rings. The van der Waals surface area contributed by atoms with Crippen molar-refractivity contribution >= 4 is 8.69 Å². The van der Waals surface area contributed by atoms with E-state index in [0.717, 1.165) is 0 Å². The van der Waals surface area contributed by atoms with Crippen LogP contribution in [0.3, 0.4) is 0 Å². The van der Waals surface area contributed by atoms with Crippen LogP contribution >= 0.6 is 8.69 Å². The van der Waals surface area contributed by atoms with Crippen molar-refractivity contribution in [1.82, 2.24) is 0 Å². The van der Waals surface area contributed by atoms with E-state index in [4.69, 9.17) is 0 Å². The molecule has 0 aromatic heterocycles. The van der Waals surface area contributed by atoms with E-state index in [0.29, 0.717) is 0 Å². The maximum absolute atomic E-state index is 9.60. The third kappa shape index (κ3) is 10.9. The Labute approximate surface area is 57.7 Å². The van der Waals surface area contributed by atoms with Crippen LogP contribution in [0.5, 0.6) is 0 Å². The van der Waals surface area contributed by atoms with E-state index in [1.807, 2.05) is 13.8 Å². The maximum atomic E-state index is 9.60. The molecular weight excluding hydrogens is 164 g/mol. The molecule has 2 nitrogen and oxygen atoms in total. The Bertz CT molecular complexity index is 48.2. The fraction of sp³-hybridized carbons (Fsp3) is 1.00. The molecule has 0 aromatic rings.